The predicted octanol–water partition coefficient (Wildman–Crippen LogP) is 2.90. The molecule has 138 valence electrons. The fourth-order valence-electron chi connectivity index (χ4n) is 3.88. The second-order valence-corrected chi connectivity index (χ2v) is 7.90. The van der Waals surface area contributed by atoms with Crippen LogP contribution in [0.3, 0.4) is 0 Å². The molecule has 0 bridgehead atoms. The highest BCUT2D eigenvalue weighted by Crippen LogP contribution is 2.34. The monoisotopic (exact) mass is 419 g/mol. The molecule has 3 aliphatic heterocycles. The Hall–Kier alpha value is -1.57. The summed E-state index contributed by atoms with van der Waals surface area (Å²) in [4.78, 5) is 23.5. The van der Waals surface area contributed by atoms with Crippen LogP contribution in [0.15, 0.2) is 38.7 Å². The number of hydrogen-bond donors (Lipinski definition) is 0. The van der Waals surface area contributed by atoms with Gasteiger partial charge in [0.05, 0.1) is 19.8 Å². The number of nitrogens with zero attached hydrogens (tertiary/aromatic N) is 3. The molecule has 0 N–H and O–H groups in total. The smallest absolute Gasteiger partial charge is 0.222 e. The lowest BCUT2D eigenvalue weighted by molar-refractivity contribution is -0.193. The van der Waals surface area contributed by atoms with E-state index in [-0.39, 0.29) is 5.91 Å². The van der Waals surface area contributed by atoms with E-state index in [4.69, 9.17) is 9.47 Å². The number of carbonyl (C=O) groups excluding carboxylic acids is 1. The maximum absolute atomic E-state index is 12.8. The van der Waals surface area contributed by atoms with Gasteiger partial charge in [-0.25, -0.2) is 4.99 Å². The van der Waals surface area contributed by atoms with Crippen LogP contribution in [-0.4, -0.2) is 55.5 Å². The molecule has 0 saturated carbocycles. The molecule has 1 aromatic rings. The number of amides is 1. The summed E-state index contributed by atoms with van der Waals surface area (Å²) < 4.78 is 12.6. The third-order valence-electron chi connectivity index (χ3n) is 5.29. The number of halogens is 1. The minimum Gasteiger partial charge on any atom is -0.346 e. The minimum atomic E-state index is -0.579. The predicted molar refractivity (Wildman–Crippen MR) is 102 cm³/mol. The molecule has 0 radical (unpaired) electrons. The molecule has 7 heteroatoms. The van der Waals surface area contributed by atoms with Gasteiger partial charge in [-0.15, -0.1) is 0 Å². The van der Waals surface area contributed by atoms with E-state index in [2.05, 4.69) is 25.9 Å². The van der Waals surface area contributed by atoms with E-state index in [1.54, 1.807) is 6.34 Å². The van der Waals surface area contributed by atoms with E-state index in [9.17, 15) is 4.79 Å². The molecule has 1 atom stereocenters. The van der Waals surface area contributed by atoms with Gasteiger partial charge in [-0.2, -0.15) is 0 Å². The van der Waals surface area contributed by atoms with Crippen LogP contribution in [0.4, 0.5) is 0 Å². The molecule has 1 spiro atoms. The Morgan fingerprint density at radius 3 is 2.69 bits per heavy atom. The SMILES string of the molecule is O=C(CCC1(c2ccc(Br)cc2)C=NC=N1)N1CCCC2(C1)OCCO2. The highest BCUT2D eigenvalue weighted by atomic mass is 79.9. The largest absolute Gasteiger partial charge is 0.346 e. The van der Waals surface area contributed by atoms with Crippen molar-refractivity contribution in [2.45, 2.75) is 37.0 Å². The number of hydrogen-bond acceptors (Lipinski definition) is 5. The van der Waals surface area contributed by atoms with Gasteiger partial charge >= 0.3 is 0 Å². The first kappa shape index (κ1) is 17.8. The molecule has 1 aromatic carbocycles. The number of likely N-dealkylation sites (tertiary alicyclic amines) is 1. The van der Waals surface area contributed by atoms with Gasteiger partial charge in [0.2, 0.25) is 5.91 Å². The Morgan fingerprint density at radius 2 is 2.00 bits per heavy atom. The van der Waals surface area contributed by atoms with Gasteiger partial charge in [-0.1, -0.05) is 28.1 Å². The number of piperidine rings is 1. The van der Waals surface area contributed by atoms with E-state index in [0.29, 0.717) is 32.6 Å². The lowest BCUT2D eigenvalue weighted by atomic mass is 9.87. The van der Waals surface area contributed by atoms with E-state index >= 15 is 0 Å². The summed E-state index contributed by atoms with van der Waals surface area (Å²) in [7, 11) is 0. The Kier molecular flexibility index (Phi) is 4.94. The molecule has 0 aliphatic carbocycles. The number of rotatable bonds is 4. The van der Waals surface area contributed by atoms with Crippen molar-refractivity contribution < 1.29 is 14.3 Å². The number of carbonyl (C=O) groups is 1. The minimum absolute atomic E-state index is 0.121. The standard InChI is InChI=1S/C19H22BrN3O3/c20-16-4-2-15(3-5-16)18(12-21-14-22-18)8-6-17(24)23-9-1-7-19(13-23)25-10-11-26-19/h2-5,12,14H,1,6-11,13H2. The van der Waals surface area contributed by atoms with Crippen molar-refractivity contribution in [3.05, 3.63) is 34.3 Å². The molecule has 0 aromatic heterocycles. The Bertz CT molecular complexity index is 714. The van der Waals surface area contributed by atoms with Crippen LogP contribution >= 0.6 is 15.9 Å². The summed E-state index contributed by atoms with van der Waals surface area (Å²) in [5.74, 6) is -0.459. The molecular weight excluding hydrogens is 398 g/mol. The van der Waals surface area contributed by atoms with E-state index in [1.165, 1.54) is 0 Å². The first-order chi connectivity index (χ1) is 12.6. The highest BCUT2D eigenvalue weighted by molar-refractivity contribution is 9.10. The van der Waals surface area contributed by atoms with Crippen molar-refractivity contribution in [2.24, 2.45) is 9.98 Å². The van der Waals surface area contributed by atoms with Gasteiger partial charge in [0, 0.05) is 30.1 Å². The van der Waals surface area contributed by atoms with Crippen LogP contribution in [0.25, 0.3) is 0 Å². The molecule has 26 heavy (non-hydrogen) atoms. The van der Waals surface area contributed by atoms with Gasteiger partial charge in [0.15, 0.2) is 5.79 Å². The second kappa shape index (κ2) is 7.21. The molecule has 1 unspecified atom stereocenters. The number of aliphatic imine (C=N–C) groups is 2. The Balaban J connectivity index is 1.43. The summed E-state index contributed by atoms with van der Waals surface area (Å²) in [5.41, 5.74) is 0.494. The van der Waals surface area contributed by atoms with Gasteiger partial charge in [0.25, 0.3) is 0 Å². The lowest BCUT2D eigenvalue weighted by Gasteiger charge is -2.39. The van der Waals surface area contributed by atoms with Gasteiger partial charge in [-0.05, 0) is 30.5 Å². The Morgan fingerprint density at radius 1 is 1.23 bits per heavy atom. The highest BCUT2D eigenvalue weighted by Gasteiger charge is 2.42. The summed E-state index contributed by atoms with van der Waals surface area (Å²) in [6, 6.07) is 8.03. The van der Waals surface area contributed by atoms with Crippen molar-refractivity contribution in [3.63, 3.8) is 0 Å². The average molecular weight is 420 g/mol. The number of ether oxygens (including phenoxy) is 2. The zero-order valence-corrected chi connectivity index (χ0v) is 16.2. The maximum atomic E-state index is 12.8. The fraction of sp³-hybridized carbons (Fsp3) is 0.526. The summed E-state index contributed by atoms with van der Waals surface area (Å²) in [5, 5.41) is 0. The van der Waals surface area contributed by atoms with E-state index in [1.807, 2.05) is 35.4 Å². The number of benzene rings is 1. The average Bonchev–Trinajstić information content (AvgIpc) is 3.31. The van der Waals surface area contributed by atoms with Crippen molar-refractivity contribution in [1.29, 1.82) is 0 Å². The third-order valence-corrected chi connectivity index (χ3v) is 5.82. The van der Waals surface area contributed by atoms with Crippen LogP contribution in [0.1, 0.15) is 31.2 Å². The van der Waals surface area contributed by atoms with Crippen molar-refractivity contribution in [1.82, 2.24) is 4.90 Å². The van der Waals surface area contributed by atoms with Gasteiger partial charge in [-0.3, -0.25) is 9.79 Å². The molecular formula is C19H22BrN3O3. The van der Waals surface area contributed by atoms with Crippen LogP contribution in [0, 0.1) is 0 Å². The molecule has 2 saturated heterocycles. The van der Waals surface area contributed by atoms with Gasteiger partial charge in [0.1, 0.15) is 11.9 Å². The molecule has 1 amide bonds. The van der Waals surface area contributed by atoms with E-state index < -0.39 is 11.3 Å². The lowest BCUT2D eigenvalue weighted by Crippen LogP contribution is -2.51. The van der Waals surface area contributed by atoms with Crippen LogP contribution in [0.2, 0.25) is 0 Å². The third kappa shape index (κ3) is 3.48. The topological polar surface area (TPSA) is 63.5 Å². The Labute approximate surface area is 161 Å². The van der Waals surface area contributed by atoms with Crippen molar-refractivity contribution in [2.75, 3.05) is 26.3 Å². The van der Waals surface area contributed by atoms with Crippen LogP contribution in [-0.2, 0) is 19.8 Å². The normalized spacial score (nSPS) is 26.7. The zero-order chi connectivity index (χ0) is 18.0. The molecule has 3 aliphatic rings. The first-order valence-electron chi connectivity index (χ1n) is 9.01. The van der Waals surface area contributed by atoms with Gasteiger partial charge < -0.3 is 14.4 Å². The summed E-state index contributed by atoms with van der Waals surface area (Å²) in [6.07, 6.45) is 6.18. The quantitative estimate of drug-likeness (QED) is 0.753. The van der Waals surface area contributed by atoms with Crippen molar-refractivity contribution >= 4 is 34.4 Å². The van der Waals surface area contributed by atoms with Crippen LogP contribution in [0.5, 0.6) is 0 Å². The molecule has 6 nitrogen and oxygen atoms in total. The van der Waals surface area contributed by atoms with E-state index in [0.717, 1.165) is 29.4 Å². The summed E-state index contributed by atoms with van der Waals surface area (Å²) in [6.45, 7) is 2.50. The fourth-order valence-corrected chi connectivity index (χ4v) is 4.14. The second-order valence-electron chi connectivity index (χ2n) is 6.98. The summed E-state index contributed by atoms with van der Waals surface area (Å²) >= 11 is 3.46. The first-order valence-corrected chi connectivity index (χ1v) is 9.80. The molecule has 3 heterocycles. The molecule has 2 fully saturated rings. The maximum Gasteiger partial charge on any atom is 0.222 e. The molecule has 4 rings (SSSR count). The van der Waals surface area contributed by atoms with Crippen molar-refractivity contribution in [3.8, 4) is 0 Å². The van der Waals surface area contributed by atoms with Crippen LogP contribution < -0.4 is 0 Å². The zero-order valence-electron chi connectivity index (χ0n) is 14.6.